The van der Waals surface area contributed by atoms with E-state index in [1.165, 1.54) is 0 Å². The molecule has 7 heteroatoms. The van der Waals surface area contributed by atoms with Crippen LogP contribution in [-0.4, -0.2) is 44.3 Å². The molecule has 2 rings (SSSR count). The monoisotopic (exact) mass is 334 g/mol. The van der Waals surface area contributed by atoms with Crippen LogP contribution < -0.4 is 25.4 Å². The van der Waals surface area contributed by atoms with Crippen molar-refractivity contribution >= 4 is 11.9 Å². The molecule has 0 atom stereocenters. The molecule has 1 aromatic rings. The van der Waals surface area contributed by atoms with Gasteiger partial charge in [0.2, 0.25) is 12.7 Å². The number of carbonyl (C=O) groups is 1. The summed E-state index contributed by atoms with van der Waals surface area (Å²) >= 11 is 0. The van der Waals surface area contributed by atoms with E-state index in [1.807, 2.05) is 39.0 Å². The Bertz CT molecular complexity index is 608. The molecule has 1 heterocycles. The molecule has 1 amide bonds. The van der Waals surface area contributed by atoms with Gasteiger partial charge in [-0.25, -0.2) is 0 Å². The molecular formula is C17H26N4O3. The van der Waals surface area contributed by atoms with Crippen LogP contribution in [0.4, 0.5) is 0 Å². The zero-order valence-corrected chi connectivity index (χ0v) is 14.7. The number of hydrogen-bond acceptors (Lipinski definition) is 4. The van der Waals surface area contributed by atoms with Crippen LogP contribution in [0.25, 0.3) is 0 Å². The summed E-state index contributed by atoms with van der Waals surface area (Å²) < 4.78 is 10.7. The predicted octanol–water partition coefficient (Wildman–Crippen LogP) is 1.04. The summed E-state index contributed by atoms with van der Waals surface area (Å²) in [6.07, 6.45) is 0.811. The van der Waals surface area contributed by atoms with Gasteiger partial charge in [0.05, 0.1) is 6.54 Å². The van der Waals surface area contributed by atoms with Crippen molar-refractivity contribution in [2.45, 2.75) is 32.7 Å². The van der Waals surface area contributed by atoms with Crippen LogP contribution in [0.1, 0.15) is 26.3 Å². The van der Waals surface area contributed by atoms with E-state index in [2.05, 4.69) is 20.9 Å². The average molecular weight is 334 g/mol. The lowest BCUT2D eigenvalue weighted by atomic mass is 10.1. The maximum Gasteiger partial charge on any atom is 0.239 e. The molecule has 0 radical (unpaired) electrons. The van der Waals surface area contributed by atoms with Crippen molar-refractivity contribution in [2.75, 3.05) is 26.9 Å². The second-order valence-corrected chi connectivity index (χ2v) is 6.59. The van der Waals surface area contributed by atoms with Gasteiger partial charge >= 0.3 is 0 Å². The minimum absolute atomic E-state index is 0.0683. The van der Waals surface area contributed by atoms with Gasteiger partial charge in [-0.3, -0.25) is 9.79 Å². The fourth-order valence-corrected chi connectivity index (χ4v) is 2.27. The van der Waals surface area contributed by atoms with Gasteiger partial charge in [-0.2, -0.15) is 0 Å². The Hall–Kier alpha value is -2.44. The number of carbonyl (C=O) groups excluding carboxylic acids is 1. The smallest absolute Gasteiger partial charge is 0.239 e. The second kappa shape index (κ2) is 7.90. The van der Waals surface area contributed by atoms with Gasteiger partial charge in [-0.05, 0) is 44.9 Å². The highest BCUT2D eigenvalue weighted by Crippen LogP contribution is 2.32. The number of guanidine groups is 1. The summed E-state index contributed by atoms with van der Waals surface area (Å²) in [6.45, 7) is 7.00. The number of fused-ring (bicyclic) bond motifs is 1. The summed E-state index contributed by atoms with van der Waals surface area (Å²) in [7, 11) is 1.68. The first-order valence-corrected chi connectivity index (χ1v) is 8.01. The van der Waals surface area contributed by atoms with Crippen molar-refractivity contribution in [1.29, 1.82) is 0 Å². The fourth-order valence-electron chi connectivity index (χ4n) is 2.27. The van der Waals surface area contributed by atoms with Gasteiger partial charge in [-0.15, -0.1) is 0 Å². The van der Waals surface area contributed by atoms with Crippen molar-refractivity contribution in [3.05, 3.63) is 23.8 Å². The van der Waals surface area contributed by atoms with Crippen LogP contribution >= 0.6 is 0 Å². The third kappa shape index (κ3) is 5.64. The van der Waals surface area contributed by atoms with Crippen molar-refractivity contribution < 1.29 is 14.3 Å². The predicted molar refractivity (Wildman–Crippen MR) is 93.5 cm³/mol. The lowest BCUT2D eigenvalue weighted by Crippen LogP contribution is -2.48. The Balaban J connectivity index is 1.73. The maximum absolute atomic E-state index is 11.8. The first-order valence-electron chi connectivity index (χ1n) is 8.01. The highest BCUT2D eigenvalue weighted by atomic mass is 16.7. The quantitative estimate of drug-likeness (QED) is 0.553. The van der Waals surface area contributed by atoms with E-state index in [1.54, 1.807) is 7.05 Å². The van der Waals surface area contributed by atoms with Crippen LogP contribution in [0.5, 0.6) is 11.5 Å². The third-order valence-corrected chi connectivity index (χ3v) is 3.30. The summed E-state index contributed by atoms with van der Waals surface area (Å²) in [5.74, 6) is 2.10. The molecule has 0 aromatic heterocycles. The number of hydrogen-bond donors (Lipinski definition) is 3. The van der Waals surface area contributed by atoms with E-state index in [-0.39, 0.29) is 24.8 Å². The lowest BCUT2D eigenvalue weighted by molar-refractivity contribution is -0.121. The number of ether oxygens (including phenoxy) is 2. The number of aliphatic imine (C=N–C) groups is 1. The van der Waals surface area contributed by atoms with Gasteiger partial charge in [0.25, 0.3) is 0 Å². The first kappa shape index (κ1) is 17.9. The molecule has 24 heavy (non-hydrogen) atoms. The molecule has 0 bridgehead atoms. The summed E-state index contributed by atoms with van der Waals surface area (Å²) in [5, 5.41) is 9.09. The van der Waals surface area contributed by atoms with E-state index in [9.17, 15) is 4.79 Å². The lowest BCUT2D eigenvalue weighted by Gasteiger charge is -2.21. The summed E-state index contributed by atoms with van der Waals surface area (Å²) in [6, 6.07) is 5.92. The van der Waals surface area contributed by atoms with E-state index in [0.29, 0.717) is 12.5 Å². The molecule has 1 aliphatic rings. The SMILES string of the molecule is CN=C(NCCc1ccc2c(c1)OCO2)NCC(=O)NC(C)(C)C. The molecule has 132 valence electrons. The average Bonchev–Trinajstić information content (AvgIpc) is 2.96. The largest absolute Gasteiger partial charge is 0.454 e. The molecule has 0 saturated carbocycles. The van der Waals surface area contributed by atoms with E-state index >= 15 is 0 Å². The van der Waals surface area contributed by atoms with E-state index in [4.69, 9.17) is 9.47 Å². The van der Waals surface area contributed by atoms with E-state index < -0.39 is 0 Å². The molecule has 7 nitrogen and oxygen atoms in total. The minimum atomic E-state index is -0.241. The maximum atomic E-state index is 11.8. The van der Waals surface area contributed by atoms with Gasteiger partial charge in [0.15, 0.2) is 17.5 Å². The number of rotatable bonds is 5. The van der Waals surface area contributed by atoms with E-state index in [0.717, 1.165) is 23.5 Å². The normalized spacial score (nSPS) is 13.6. The Morgan fingerprint density at radius 3 is 2.67 bits per heavy atom. The molecule has 1 aromatic carbocycles. The fraction of sp³-hybridized carbons (Fsp3) is 0.529. The van der Waals surface area contributed by atoms with Crippen LogP contribution in [0, 0.1) is 0 Å². The Morgan fingerprint density at radius 2 is 1.96 bits per heavy atom. The van der Waals surface area contributed by atoms with Crippen LogP contribution in [-0.2, 0) is 11.2 Å². The first-order chi connectivity index (χ1) is 11.4. The third-order valence-electron chi connectivity index (χ3n) is 3.30. The Kier molecular flexibility index (Phi) is 5.89. The van der Waals surface area contributed by atoms with Gasteiger partial charge in [0, 0.05) is 19.1 Å². The number of nitrogens with zero attached hydrogens (tertiary/aromatic N) is 1. The number of benzene rings is 1. The molecule has 0 unspecified atom stereocenters. The van der Waals surface area contributed by atoms with Gasteiger partial charge in [0.1, 0.15) is 0 Å². The van der Waals surface area contributed by atoms with Crippen molar-refractivity contribution in [2.24, 2.45) is 4.99 Å². The highest BCUT2D eigenvalue weighted by molar-refractivity contribution is 5.86. The Morgan fingerprint density at radius 1 is 1.21 bits per heavy atom. The van der Waals surface area contributed by atoms with Crippen LogP contribution in [0.15, 0.2) is 23.2 Å². The number of nitrogens with one attached hydrogen (secondary N) is 3. The summed E-state index contributed by atoms with van der Waals surface area (Å²) in [4.78, 5) is 15.9. The summed E-state index contributed by atoms with van der Waals surface area (Å²) in [5.41, 5.74) is 0.905. The van der Waals surface area contributed by atoms with Crippen LogP contribution in [0.3, 0.4) is 0 Å². The zero-order valence-electron chi connectivity index (χ0n) is 14.7. The second-order valence-electron chi connectivity index (χ2n) is 6.59. The van der Waals surface area contributed by atoms with Gasteiger partial charge in [-0.1, -0.05) is 6.07 Å². The molecule has 3 N–H and O–H groups in total. The van der Waals surface area contributed by atoms with Crippen molar-refractivity contribution in [3.63, 3.8) is 0 Å². The highest BCUT2D eigenvalue weighted by Gasteiger charge is 2.14. The number of amides is 1. The molecular weight excluding hydrogens is 308 g/mol. The molecule has 0 fully saturated rings. The topological polar surface area (TPSA) is 84.0 Å². The van der Waals surface area contributed by atoms with Gasteiger partial charge < -0.3 is 25.4 Å². The minimum Gasteiger partial charge on any atom is -0.454 e. The molecule has 0 saturated heterocycles. The van der Waals surface area contributed by atoms with Crippen molar-refractivity contribution in [3.8, 4) is 11.5 Å². The molecule has 0 aliphatic carbocycles. The standard InChI is InChI=1S/C17H26N4O3/c1-17(2,3)21-15(22)10-20-16(18-4)19-8-7-12-5-6-13-14(9-12)24-11-23-13/h5-6,9H,7-8,10-11H2,1-4H3,(H,21,22)(H2,18,19,20). The van der Waals surface area contributed by atoms with Crippen molar-refractivity contribution in [1.82, 2.24) is 16.0 Å². The Labute approximate surface area is 142 Å². The molecule has 0 spiro atoms. The van der Waals surface area contributed by atoms with Crippen LogP contribution in [0.2, 0.25) is 0 Å². The zero-order chi connectivity index (χ0) is 17.6. The molecule has 1 aliphatic heterocycles.